The van der Waals surface area contributed by atoms with Gasteiger partial charge in [-0.3, -0.25) is 10.2 Å². The maximum Gasteiger partial charge on any atom is 0.326 e. The maximum atomic E-state index is 13.7. The fraction of sp³-hybridized carbons (Fsp3) is 0.156. The second-order valence-electron chi connectivity index (χ2n) is 9.34. The standard InChI is InChI=1S/C32H32N4O5/c1-40-28-19-24(14-17-27(28)41-20-22-10-6-3-7-11-22)29(35-25-15-12-23(13-16-25)30(33)34)31(37)36-26(32(38)39)18-21-8-4-2-5-9-21/h2-17,19,26,29,35H,18,20H2,1H3,(H3,33,34)(H,36,37)(H,38,39)/t26-,29+/m0/s1. The lowest BCUT2D eigenvalue weighted by atomic mass is 10.0. The molecule has 0 aromatic heterocycles. The lowest BCUT2D eigenvalue weighted by Gasteiger charge is -2.24. The van der Waals surface area contributed by atoms with E-state index in [1.54, 1.807) is 42.5 Å². The molecule has 4 aromatic rings. The molecule has 210 valence electrons. The number of hydrogen-bond donors (Lipinski definition) is 5. The van der Waals surface area contributed by atoms with Crippen molar-refractivity contribution in [1.82, 2.24) is 5.32 Å². The van der Waals surface area contributed by atoms with E-state index in [2.05, 4.69) is 10.6 Å². The van der Waals surface area contributed by atoms with E-state index < -0.39 is 24.0 Å². The number of carbonyl (C=O) groups excluding carboxylic acids is 1. The molecule has 0 fully saturated rings. The van der Waals surface area contributed by atoms with Crippen LogP contribution >= 0.6 is 0 Å². The van der Waals surface area contributed by atoms with Crippen molar-refractivity contribution in [2.24, 2.45) is 5.73 Å². The van der Waals surface area contributed by atoms with Crippen molar-refractivity contribution in [2.75, 3.05) is 12.4 Å². The van der Waals surface area contributed by atoms with E-state index in [0.717, 1.165) is 11.1 Å². The summed E-state index contributed by atoms with van der Waals surface area (Å²) in [6.07, 6.45) is 0.123. The van der Waals surface area contributed by atoms with E-state index in [1.165, 1.54) is 7.11 Å². The highest BCUT2D eigenvalue weighted by Crippen LogP contribution is 2.32. The molecule has 2 atom stereocenters. The van der Waals surface area contributed by atoms with Gasteiger partial charge in [-0.1, -0.05) is 66.7 Å². The second kappa shape index (κ2) is 13.7. The molecule has 9 nitrogen and oxygen atoms in total. The van der Waals surface area contributed by atoms with Crippen molar-refractivity contribution in [2.45, 2.75) is 25.1 Å². The zero-order valence-corrected chi connectivity index (χ0v) is 22.5. The minimum absolute atomic E-state index is 0.0770. The fourth-order valence-corrected chi connectivity index (χ4v) is 4.24. The minimum Gasteiger partial charge on any atom is -0.493 e. The van der Waals surface area contributed by atoms with Gasteiger partial charge >= 0.3 is 5.97 Å². The Kier molecular flexibility index (Phi) is 9.56. The van der Waals surface area contributed by atoms with Gasteiger partial charge in [0, 0.05) is 17.7 Å². The number of nitrogen functional groups attached to an aromatic ring is 1. The number of anilines is 1. The van der Waals surface area contributed by atoms with Crippen LogP contribution in [0, 0.1) is 5.41 Å². The van der Waals surface area contributed by atoms with E-state index in [4.69, 9.17) is 20.6 Å². The van der Waals surface area contributed by atoms with Crippen LogP contribution in [0.25, 0.3) is 0 Å². The van der Waals surface area contributed by atoms with Gasteiger partial charge in [-0.15, -0.1) is 0 Å². The zero-order valence-electron chi connectivity index (χ0n) is 22.5. The summed E-state index contributed by atoms with van der Waals surface area (Å²) >= 11 is 0. The minimum atomic E-state index is -1.15. The van der Waals surface area contributed by atoms with Crippen molar-refractivity contribution in [1.29, 1.82) is 5.41 Å². The molecular formula is C32H32N4O5. The number of carboxylic acids is 1. The van der Waals surface area contributed by atoms with Crippen LogP contribution in [0.4, 0.5) is 5.69 Å². The average molecular weight is 553 g/mol. The lowest BCUT2D eigenvalue weighted by Crippen LogP contribution is -2.45. The quantitative estimate of drug-likeness (QED) is 0.121. The van der Waals surface area contributed by atoms with Crippen LogP contribution < -0.4 is 25.8 Å². The van der Waals surface area contributed by atoms with Crippen molar-refractivity contribution < 1.29 is 24.2 Å². The Balaban J connectivity index is 1.61. The number of methoxy groups -OCH3 is 1. The van der Waals surface area contributed by atoms with Crippen LogP contribution in [0.2, 0.25) is 0 Å². The van der Waals surface area contributed by atoms with Gasteiger partial charge < -0.3 is 30.9 Å². The third-order valence-electron chi connectivity index (χ3n) is 6.42. The van der Waals surface area contributed by atoms with Crippen LogP contribution in [-0.2, 0) is 22.6 Å². The van der Waals surface area contributed by atoms with Crippen LogP contribution in [0.3, 0.4) is 0 Å². The Hall–Kier alpha value is -5.31. The number of nitrogens with one attached hydrogen (secondary N) is 3. The molecule has 0 heterocycles. The third-order valence-corrected chi connectivity index (χ3v) is 6.42. The summed E-state index contributed by atoms with van der Waals surface area (Å²) in [7, 11) is 1.51. The maximum absolute atomic E-state index is 13.7. The number of nitrogens with two attached hydrogens (primary N) is 1. The van der Waals surface area contributed by atoms with Crippen LogP contribution in [0.1, 0.15) is 28.3 Å². The Bertz CT molecular complexity index is 1480. The topological polar surface area (TPSA) is 147 Å². The molecule has 0 saturated carbocycles. The number of rotatable bonds is 13. The molecule has 0 saturated heterocycles. The fourth-order valence-electron chi connectivity index (χ4n) is 4.24. The molecule has 0 aliphatic heterocycles. The summed E-state index contributed by atoms with van der Waals surface area (Å²) in [6.45, 7) is 0.334. The molecule has 0 radical (unpaired) electrons. The average Bonchev–Trinajstić information content (AvgIpc) is 2.99. The first kappa shape index (κ1) is 28.7. The molecule has 4 aromatic carbocycles. The highest BCUT2D eigenvalue weighted by atomic mass is 16.5. The van der Waals surface area contributed by atoms with E-state index in [9.17, 15) is 14.7 Å². The Labute approximate surface area is 238 Å². The van der Waals surface area contributed by atoms with Crippen molar-refractivity contribution in [3.8, 4) is 11.5 Å². The normalized spacial score (nSPS) is 12.0. The SMILES string of the molecule is COc1cc([C@@H](Nc2ccc(C(=N)N)cc2)C(=O)N[C@@H](Cc2ccccc2)C(=O)O)ccc1OCc1ccccc1. The molecule has 0 spiro atoms. The van der Waals surface area contributed by atoms with E-state index in [-0.39, 0.29) is 12.3 Å². The Morgan fingerprint density at radius 2 is 1.51 bits per heavy atom. The molecule has 6 N–H and O–H groups in total. The largest absolute Gasteiger partial charge is 0.493 e. The third kappa shape index (κ3) is 7.86. The number of hydrogen-bond acceptors (Lipinski definition) is 6. The van der Waals surface area contributed by atoms with Gasteiger partial charge in [-0.05, 0) is 53.1 Å². The number of aliphatic carboxylic acids is 1. The molecular weight excluding hydrogens is 520 g/mol. The van der Waals surface area contributed by atoms with Gasteiger partial charge in [0.05, 0.1) is 7.11 Å². The predicted molar refractivity (Wildman–Crippen MR) is 157 cm³/mol. The van der Waals surface area contributed by atoms with E-state index >= 15 is 0 Å². The molecule has 9 heteroatoms. The smallest absolute Gasteiger partial charge is 0.326 e. The predicted octanol–water partition coefficient (Wildman–Crippen LogP) is 4.52. The van der Waals surface area contributed by atoms with Gasteiger partial charge in [0.15, 0.2) is 11.5 Å². The number of ether oxygens (including phenoxy) is 2. The first-order valence-corrected chi connectivity index (χ1v) is 13.0. The molecule has 41 heavy (non-hydrogen) atoms. The molecule has 0 unspecified atom stereocenters. The van der Waals surface area contributed by atoms with Crippen LogP contribution in [0.15, 0.2) is 103 Å². The van der Waals surface area contributed by atoms with E-state index in [1.807, 2.05) is 60.7 Å². The Morgan fingerprint density at radius 1 is 0.878 bits per heavy atom. The number of benzene rings is 4. The van der Waals surface area contributed by atoms with E-state index in [0.29, 0.717) is 34.9 Å². The summed E-state index contributed by atoms with van der Waals surface area (Å²) < 4.78 is 11.5. The molecule has 1 amide bonds. The number of carboxylic acid groups (broad SMARTS) is 1. The number of amidine groups is 1. The first-order valence-electron chi connectivity index (χ1n) is 13.0. The summed E-state index contributed by atoms with van der Waals surface area (Å²) in [4.78, 5) is 25.7. The van der Waals surface area contributed by atoms with Gasteiger partial charge in [0.1, 0.15) is 24.5 Å². The van der Waals surface area contributed by atoms with Crippen molar-refractivity contribution >= 4 is 23.4 Å². The summed E-state index contributed by atoms with van der Waals surface area (Å²) in [6, 6.07) is 28.5. The van der Waals surface area contributed by atoms with Crippen LogP contribution in [0.5, 0.6) is 11.5 Å². The monoisotopic (exact) mass is 552 g/mol. The van der Waals surface area contributed by atoms with Gasteiger partial charge in [0.2, 0.25) is 5.91 Å². The highest BCUT2D eigenvalue weighted by molar-refractivity contribution is 5.95. The highest BCUT2D eigenvalue weighted by Gasteiger charge is 2.28. The van der Waals surface area contributed by atoms with Gasteiger partial charge in [-0.25, -0.2) is 4.79 Å². The number of amides is 1. The summed E-state index contributed by atoms with van der Waals surface area (Å²) in [5, 5.41) is 23.4. The molecule has 0 aliphatic rings. The molecule has 4 rings (SSSR count). The Morgan fingerprint density at radius 3 is 2.10 bits per heavy atom. The van der Waals surface area contributed by atoms with Crippen LogP contribution in [-0.4, -0.2) is 36.0 Å². The number of carbonyl (C=O) groups is 2. The first-order chi connectivity index (χ1) is 19.8. The zero-order chi connectivity index (χ0) is 29.2. The van der Waals surface area contributed by atoms with Crippen molar-refractivity contribution in [3.05, 3.63) is 125 Å². The molecule has 0 aliphatic carbocycles. The van der Waals surface area contributed by atoms with Gasteiger partial charge in [0.25, 0.3) is 0 Å². The van der Waals surface area contributed by atoms with Crippen molar-refractivity contribution in [3.63, 3.8) is 0 Å². The lowest BCUT2D eigenvalue weighted by molar-refractivity contribution is -0.141. The molecule has 0 bridgehead atoms. The summed E-state index contributed by atoms with van der Waals surface area (Å²) in [5.74, 6) is -0.841. The second-order valence-corrected chi connectivity index (χ2v) is 9.34. The van der Waals surface area contributed by atoms with Gasteiger partial charge in [-0.2, -0.15) is 0 Å². The summed E-state index contributed by atoms with van der Waals surface area (Å²) in [5.41, 5.74) is 8.99.